The summed E-state index contributed by atoms with van der Waals surface area (Å²) in [7, 11) is 0. The molecule has 1 amide bonds. The zero-order valence-corrected chi connectivity index (χ0v) is 12.6. The minimum atomic E-state index is -1.32. The Labute approximate surface area is 121 Å². The van der Waals surface area contributed by atoms with Crippen LogP contribution in [0.4, 0.5) is 0 Å². The van der Waals surface area contributed by atoms with Gasteiger partial charge in [-0.1, -0.05) is 41.1 Å². The number of aliphatic hydroxyl groups is 1. The van der Waals surface area contributed by atoms with Crippen molar-refractivity contribution in [2.24, 2.45) is 0 Å². The van der Waals surface area contributed by atoms with Crippen LogP contribution >= 0.6 is 15.9 Å². The Morgan fingerprint density at radius 3 is 2.68 bits per heavy atom. The van der Waals surface area contributed by atoms with E-state index in [-0.39, 0.29) is 5.91 Å². The summed E-state index contributed by atoms with van der Waals surface area (Å²) < 4.78 is 0.936. The first-order valence-corrected chi connectivity index (χ1v) is 7.04. The Balaban J connectivity index is 2.43. The van der Waals surface area contributed by atoms with Crippen molar-refractivity contribution in [2.75, 3.05) is 0 Å². The summed E-state index contributed by atoms with van der Waals surface area (Å²) in [5.74, 6) is -0.137. The van der Waals surface area contributed by atoms with Gasteiger partial charge in [0, 0.05) is 28.6 Å². The fraction of sp³-hybridized carbons (Fsp3) is 0.357. The smallest absolute Gasteiger partial charge is 0.243 e. The third-order valence-corrected chi connectivity index (χ3v) is 3.80. The summed E-state index contributed by atoms with van der Waals surface area (Å²) in [5.41, 5.74) is 3.19. The Bertz CT molecular complexity index is 513. The topological polar surface area (TPSA) is 52.6 Å². The van der Waals surface area contributed by atoms with Crippen LogP contribution < -0.4 is 5.43 Å². The number of rotatable bonds is 2. The number of nitrogens with zero attached hydrogens (tertiary/aromatic N) is 1. The predicted molar refractivity (Wildman–Crippen MR) is 76.7 cm³/mol. The van der Waals surface area contributed by atoms with Crippen LogP contribution in [0.3, 0.4) is 0 Å². The van der Waals surface area contributed by atoms with Gasteiger partial charge in [-0.25, -0.2) is 5.01 Å². The summed E-state index contributed by atoms with van der Waals surface area (Å²) in [5, 5.41) is 12.2. The van der Waals surface area contributed by atoms with Gasteiger partial charge < -0.3 is 5.11 Å². The SMILES string of the molecule is CC=C1CC(O)(c2ccc(Br)cc2)N(C(=O)CC)N1. The van der Waals surface area contributed by atoms with Crippen molar-refractivity contribution in [3.63, 3.8) is 0 Å². The molecule has 1 aliphatic heterocycles. The van der Waals surface area contributed by atoms with Gasteiger partial charge in [0.25, 0.3) is 0 Å². The molecule has 5 heteroatoms. The summed E-state index contributed by atoms with van der Waals surface area (Å²) in [4.78, 5) is 12.0. The second-order valence-electron chi connectivity index (χ2n) is 4.51. The summed E-state index contributed by atoms with van der Waals surface area (Å²) in [6.45, 7) is 3.66. The number of hydrazine groups is 1. The second-order valence-corrected chi connectivity index (χ2v) is 5.42. The van der Waals surface area contributed by atoms with Gasteiger partial charge in [0.15, 0.2) is 5.72 Å². The Morgan fingerprint density at radius 1 is 1.53 bits per heavy atom. The zero-order chi connectivity index (χ0) is 14.0. The maximum atomic E-state index is 12.0. The molecule has 1 fully saturated rings. The normalized spacial score (nSPS) is 24.6. The van der Waals surface area contributed by atoms with E-state index in [4.69, 9.17) is 0 Å². The zero-order valence-electron chi connectivity index (χ0n) is 11.0. The van der Waals surface area contributed by atoms with Crippen molar-refractivity contribution < 1.29 is 9.90 Å². The molecule has 2 rings (SSSR count). The molecule has 1 aliphatic rings. The third-order valence-electron chi connectivity index (χ3n) is 3.27. The van der Waals surface area contributed by atoms with Crippen molar-refractivity contribution in [1.82, 2.24) is 10.4 Å². The monoisotopic (exact) mass is 324 g/mol. The van der Waals surface area contributed by atoms with E-state index in [2.05, 4.69) is 21.4 Å². The number of carbonyl (C=O) groups excluding carboxylic acids is 1. The van der Waals surface area contributed by atoms with Crippen LogP contribution in [0.1, 0.15) is 32.3 Å². The molecule has 4 nitrogen and oxygen atoms in total. The second kappa shape index (κ2) is 5.35. The van der Waals surface area contributed by atoms with E-state index in [0.717, 1.165) is 10.2 Å². The fourth-order valence-corrected chi connectivity index (χ4v) is 2.43. The Kier molecular flexibility index (Phi) is 3.96. The molecular weight excluding hydrogens is 308 g/mol. The minimum absolute atomic E-state index is 0.137. The van der Waals surface area contributed by atoms with Gasteiger partial charge in [-0.15, -0.1) is 0 Å². The molecule has 1 saturated heterocycles. The largest absolute Gasteiger partial charge is 0.365 e. The average molecular weight is 325 g/mol. The van der Waals surface area contributed by atoms with Gasteiger partial charge in [0.1, 0.15) is 0 Å². The molecule has 1 heterocycles. The van der Waals surface area contributed by atoms with Gasteiger partial charge in [-0.2, -0.15) is 0 Å². The molecule has 0 aliphatic carbocycles. The van der Waals surface area contributed by atoms with E-state index in [9.17, 15) is 9.90 Å². The molecule has 102 valence electrons. The minimum Gasteiger partial charge on any atom is -0.365 e. The van der Waals surface area contributed by atoms with Crippen molar-refractivity contribution in [3.8, 4) is 0 Å². The quantitative estimate of drug-likeness (QED) is 0.879. The molecule has 1 aromatic rings. The van der Waals surface area contributed by atoms with Gasteiger partial charge >= 0.3 is 0 Å². The highest BCUT2D eigenvalue weighted by molar-refractivity contribution is 9.10. The molecule has 0 spiro atoms. The molecule has 0 saturated carbocycles. The molecule has 1 aromatic carbocycles. The summed E-state index contributed by atoms with van der Waals surface area (Å²) in [6.07, 6.45) is 2.58. The van der Waals surface area contributed by atoms with Crippen LogP contribution in [0.2, 0.25) is 0 Å². The first-order valence-electron chi connectivity index (χ1n) is 6.24. The first kappa shape index (κ1) is 14.1. The van der Waals surface area contributed by atoms with E-state index < -0.39 is 5.72 Å². The lowest BCUT2D eigenvalue weighted by atomic mass is 9.98. The lowest BCUT2D eigenvalue weighted by molar-refractivity contribution is -0.161. The number of halogens is 1. The van der Waals surface area contributed by atoms with Gasteiger partial charge in [-0.3, -0.25) is 10.2 Å². The van der Waals surface area contributed by atoms with E-state index in [1.54, 1.807) is 6.92 Å². The van der Waals surface area contributed by atoms with E-state index in [1.165, 1.54) is 5.01 Å². The van der Waals surface area contributed by atoms with Crippen LogP contribution in [0, 0.1) is 0 Å². The van der Waals surface area contributed by atoms with Crippen molar-refractivity contribution >= 4 is 21.8 Å². The van der Waals surface area contributed by atoms with E-state index in [1.807, 2.05) is 37.3 Å². The molecule has 1 atom stereocenters. The van der Waals surface area contributed by atoms with Gasteiger partial charge in [0.05, 0.1) is 0 Å². The third kappa shape index (κ3) is 2.53. The average Bonchev–Trinajstić information content (AvgIpc) is 2.77. The maximum absolute atomic E-state index is 12.0. The van der Waals surface area contributed by atoms with Gasteiger partial charge in [-0.05, 0) is 19.1 Å². The Morgan fingerprint density at radius 2 is 2.16 bits per heavy atom. The number of carbonyl (C=O) groups is 1. The number of amides is 1. The standard InChI is InChI=1S/C14H17BrN2O2/c1-3-12-9-14(19,17(16-12)13(18)4-2)10-5-7-11(15)8-6-10/h3,5-8,16,19H,4,9H2,1-2H3. The fourth-order valence-electron chi connectivity index (χ4n) is 2.16. The molecular formula is C14H17BrN2O2. The predicted octanol–water partition coefficient (Wildman–Crippen LogP) is 2.64. The van der Waals surface area contributed by atoms with Crippen LogP contribution in [-0.2, 0) is 10.5 Å². The van der Waals surface area contributed by atoms with E-state index >= 15 is 0 Å². The van der Waals surface area contributed by atoms with Crippen LogP contribution in [0.5, 0.6) is 0 Å². The Hall–Kier alpha value is -1.33. The molecule has 2 N–H and O–H groups in total. The number of benzene rings is 1. The number of allylic oxidation sites excluding steroid dienone is 1. The first-order chi connectivity index (χ1) is 9.01. The molecule has 19 heavy (non-hydrogen) atoms. The van der Waals surface area contributed by atoms with Crippen molar-refractivity contribution in [2.45, 2.75) is 32.4 Å². The molecule has 0 radical (unpaired) electrons. The number of nitrogens with one attached hydrogen (secondary N) is 1. The van der Waals surface area contributed by atoms with Crippen LogP contribution in [-0.4, -0.2) is 16.0 Å². The summed E-state index contributed by atoms with van der Waals surface area (Å²) >= 11 is 3.37. The number of hydrogen-bond donors (Lipinski definition) is 2. The van der Waals surface area contributed by atoms with Gasteiger partial charge in [0.2, 0.25) is 5.91 Å². The van der Waals surface area contributed by atoms with Crippen molar-refractivity contribution in [3.05, 3.63) is 46.1 Å². The van der Waals surface area contributed by atoms with E-state index in [0.29, 0.717) is 18.4 Å². The molecule has 0 aromatic heterocycles. The molecule has 1 unspecified atom stereocenters. The van der Waals surface area contributed by atoms with Crippen LogP contribution in [0.15, 0.2) is 40.5 Å². The number of hydrogen-bond acceptors (Lipinski definition) is 3. The molecule has 0 bridgehead atoms. The lowest BCUT2D eigenvalue weighted by Crippen LogP contribution is -2.49. The van der Waals surface area contributed by atoms with Crippen LogP contribution in [0.25, 0.3) is 0 Å². The highest BCUT2D eigenvalue weighted by atomic mass is 79.9. The highest BCUT2D eigenvalue weighted by Gasteiger charge is 2.45. The maximum Gasteiger partial charge on any atom is 0.243 e. The summed E-state index contributed by atoms with van der Waals surface area (Å²) in [6, 6.07) is 7.35. The van der Waals surface area contributed by atoms with Crippen molar-refractivity contribution in [1.29, 1.82) is 0 Å². The lowest BCUT2D eigenvalue weighted by Gasteiger charge is -2.32. The highest BCUT2D eigenvalue weighted by Crippen LogP contribution is 2.37.